The average molecular weight is 484 g/mol. The molecule has 0 aliphatic heterocycles. The number of halogens is 3. The van der Waals surface area contributed by atoms with Crippen LogP contribution in [0.3, 0.4) is 0 Å². The third kappa shape index (κ3) is 5.13. The molecule has 5 N–H and O–H groups in total. The number of nitrogens with two attached hydrogens (primary N) is 1. The number of anilines is 4. The number of nitrogens with one attached hydrogen (secondary N) is 3. The number of aromatic nitrogens is 2. The van der Waals surface area contributed by atoms with Gasteiger partial charge in [0.15, 0.2) is 11.6 Å². The number of nitrogen functional groups attached to an aromatic ring is 1. The molecule has 0 radical (unpaired) electrons. The van der Waals surface area contributed by atoms with Gasteiger partial charge in [0.25, 0.3) is 5.91 Å². The lowest BCUT2D eigenvalue weighted by Crippen LogP contribution is -2.30. The van der Waals surface area contributed by atoms with Crippen molar-refractivity contribution in [3.63, 3.8) is 0 Å². The number of methoxy groups -OCH3 is 2. The molecule has 0 saturated carbocycles. The van der Waals surface area contributed by atoms with Crippen LogP contribution in [0.15, 0.2) is 36.7 Å². The zero-order valence-corrected chi connectivity index (χ0v) is 18.6. The minimum absolute atomic E-state index is 0.138. The van der Waals surface area contributed by atoms with Crippen LogP contribution in [0.1, 0.15) is 10.4 Å². The highest BCUT2D eigenvalue weighted by molar-refractivity contribution is 6.36. The summed E-state index contributed by atoms with van der Waals surface area (Å²) in [5, 5.41) is 4.01. The van der Waals surface area contributed by atoms with Gasteiger partial charge in [0, 0.05) is 11.1 Å². The Balaban J connectivity index is 1.79. The molecule has 3 aromatic rings. The molecule has 0 spiro atoms. The van der Waals surface area contributed by atoms with Crippen LogP contribution in [0.5, 0.6) is 11.5 Å². The summed E-state index contributed by atoms with van der Waals surface area (Å²) in [6.07, 6.45) is 1.26. The van der Waals surface area contributed by atoms with Crippen molar-refractivity contribution in [1.29, 1.82) is 0 Å². The van der Waals surface area contributed by atoms with Crippen LogP contribution in [0.2, 0.25) is 15.1 Å². The molecule has 0 unspecified atom stereocenters. The summed E-state index contributed by atoms with van der Waals surface area (Å²) >= 11 is 18.1. The lowest BCUT2D eigenvalue weighted by molar-refractivity contribution is 0.0962. The monoisotopic (exact) mass is 482 g/mol. The topological polar surface area (TPSA) is 123 Å². The first-order valence-electron chi connectivity index (χ1n) is 8.64. The SMILES string of the molecule is COc1cc(OC)c(Nc2ncnc(NNC(=O)c3ccc(Cl)cc3Cl)c2N)cc1Cl. The van der Waals surface area contributed by atoms with Crippen LogP contribution in [0.25, 0.3) is 0 Å². The zero-order valence-electron chi connectivity index (χ0n) is 16.3. The minimum Gasteiger partial charge on any atom is -0.495 e. The first-order chi connectivity index (χ1) is 14.8. The number of nitrogens with zero attached hydrogens (tertiary/aromatic N) is 2. The smallest absolute Gasteiger partial charge is 0.271 e. The van der Waals surface area contributed by atoms with Gasteiger partial charge in [0.1, 0.15) is 23.5 Å². The Morgan fingerprint density at radius 1 is 0.968 bits per heavy atom. The Kier molecular flexibility index (Phi) is 7.11. The Labute approximate surface area is 192 Å². The summed E-state index contributed by atoms with van der Waals surface area (Å²) in [6, 6.07) is 7.75. The molecule has 0 atom stereocenters. The van der Waals surface area contributed by atoms with E-state index in [1.165, 1.54) is 32.7 Å². The Morgan fingerprint density at radius 2 is 1.68 bits per heavy atom. The van der Waals surface area contributed by atoms with Crippen molar-refractivity contribution in [3.05, 3.63) is 57.3 Å². The second-order valence-electron chi connectivity index (χ2n) is 6.00. The molecule has 162 valence electrons. The van der Waals surface area contributed by atoms with Crippen LogP contribution >= 0.6 is 34.8 Å². The van der Waals surface area contributed by atoms with Crippen molar-refractivity contribution in [2.24, 2.45) is 0 Å². The largest absolute Gasteiger partial charge is 0.495 e. The van der Waals surface area contributed by atoms with Crippen molar-refractivity contribution in [2.75, 3.05) is 30.7 Å². The summed E-state index contributed by atoms with van der Waals surface area (Å²) in [6.45, 7) is 0. The van der Waals surface area contributed by atoms with Crippen molar-refractivity contribution >= 4 is 63.7 Å². The molecular formula is C19H17Cl3N6O3. The van der Waals surface area contributed by atoms with Crippen LogP contribution < -0.4 is 31.4 Å². The molecule has 0 aliphatic carbocycles. The van der Waals surface area contributed by atoms with E-state index in [1.54, 1.807) is 18.2 Å². The molecule has 1 aromatic heterocycles. The summed E-state index contributed by atoms with van der Waals surface area (Å²) in [5.74, 6) is 0.827. The third-order valence-corrected chi connectivity index (χ3v) is 4.92. The van der Waals surface area contributed by atoms with Gasteiger partial charge in [-0.05, 0) is 24.3 Å². The van der Waals surface area contributed by atoms with E-state index >= 15 is 0 Å². The van der Waals surface area contributed by atoms with E-state index in [4.69, 9.17) is 50.0 Å². The molecule has 0 aliphatic rings. The first-order valence-corrected chi connectivity index (χ1v) is 9.77. The Morgan fingerprint density at radius 3 is 2.35 bits per heavy atom. The molecule has 31 heavy (non-hydrogen) atoms. The molecule has 3 rings (SSSR count). The standard InChI is InChI=1S/C19H17Cl3N6O3/c1-30-14-7-15(31-2)13(6-12(14)22)26-17-16(23)18(25-8-24-17)27-28-19(29)10-4-3-9(20)5-11(10)21/h3-8H,23H2,1-2H3,(H,28,29)(H2,24,25,26,27). The summed E-state index contributed by atoms with van der Waals surface area (Å²) in [4.78, 5) is 20.5. The van der Waals surface area contributed by atoms with Crippen molar-refractivity contribution in [2.45, 2.75) is 0 Å². The average Bonchev–Trinajstić information content (AvgIpc) is 2.74. The quantitative estimate of drug-likeness (QED) is 0.361. The van der Waals surface area contributed by atoms with Crippen LogP contribution in [-0.2, 0) is 0 Å². The molecular weight excluding hydrogens is 467 g/mol. The fraction of sp³-hybridized carbons (Fsp3) is 0.105. The minimum atomic E-state index is -0.502. The van der Waals surface area contributed by atoms with Gasteiger partial charge in [-0.3, -0.25) is 15.6 Å². The van der Waals surface area contributed by atoms with Gasteiger partial charge in [-0.2, -0.15) is 0 Å². The molecule has 0 saturated heterocycles. The second-order valence-corrected chi connectivity index (χ2v) is 7.25. The van der Waals surface area contributed by atoms with Crippen molar-refractivity contribution < 1.29 is 14.3 Å². The summed E-state index contributed by atoms with van der Waals surface area (Å²) in [5.41, 5.74) is 12.1. The number of hydrazine groups is 1. The molecule has 9 nitrogen and oxygen atoms in total. The number of amides is 1. The second kappa shape index (κ2) is 9.78. The number of hydrogen-bond donors (Lipinski definition) is 4. The van der Waals surface area contributed by atoms with Gasteiger partial charge in [-0.25, -0.2) is 9.97 Å². The van der Waals surface area contributed by atoms with Gasteiger partial charge < -0.3 is 20.5 Å². The fourth-order valence-electron chi connectivity index (χ4n) is 2.54. The van der Waals surface area contributed by atoms with Gasteiger partial charge in [-0.15, -0.1) is 0 Å². The summed E-state index contributed by atoms with van der Waals surface area (Å²) in [7, 11) is 3.00. The normalized spacial score (nSPS) is 10.4. The molecule has 12 heteroatoms. The Bertz CT molecular complexity index is 1130. The van der Waals surface area contributed by atoms with Gasteiger partial charge in [0.05, 0.1) is 35.5 Å². The van der Waals surface area contributed by atoms with E-state index in [9.17, 15) is 4.79 Å². The van der Waals surface area contributed by atoms with Gasteiger partial charge >= 0.3 is 0 Å². The van der Waals surface area contributed by atoms with Gasteiger partial charge in [-0.1, -0.05) is 34.8 Å². The van der Waals surface area contributed by atoms with Crippen molar-refractivity contribution in [1.82, 2.24) is 15.4 Å². The lowest BCUT2D eigenvalue weighted by atomic mass is 10.2. The van der Waals surface area contributed by atoms with E-state index in [0.717, 1.165) is 0 Å². The number of ether oxygens (including phenoxy) is 2. The lowest BCUT2D eigenvalue weighted by Gasteiger charge is -2.16. The van der Waals surface area contributed by atoms with E-state index in [0.29, 0.717) is 27.2 Å². The van der Waals surface area contributed by atoms with Crippen LogP contribution in [0.4, 0.5) is 23.0 Å². The highest BCUT2D eigenvalue weighted by atomic mass is 35.5. The highest BCUT2D eigenvalue weighted by Crippen LogP contribution is 2.38. The van der Waals surface area contributed by atoms with E-state index in [-0.39, 0.29) is 27.9 Å². The molecule has 2 aromatic carbocycles. The predicted molar refractivity (Wildman–Crippen MR) is 122 cm³/mol. The molecule has 0 bridgehead atoms. The molecule has 1 heterocycles. The highest BCUT2D eigenvalue weighted by Gasteiger charge is 2.15. The van der Waals surface area contributed by atoms with E-state index in [2.05, 4.69) is 26.1 Å². The maximum Gasteiger partial charge on any atom is 0.271 e. The summed E-state index contributed by atoms with van der Waals surface area (Å²) < 4.78 is 10.5. The van der Waals surface area contributed by atoms with Crippen LogP contribution in [0, 0.1) is 0 Å². The third-order valence-electron chi connectivity index (χ3n) is 4.08. The maximum atomic E-state index is 12.4. The number of benzene rings is 2. The number of rotatable bonds is 7. The van der Waals surface area contributed by atoms with E-state index < -0.39 is 5.91 Å². The maximum absolute atomic E-state index is 12.4. The van der Waals surface area contributed by atoms with Crippen LogP contribution in [-0.4, -0.2) is 30.1 Å². The zero-order chi connectivity index (χ0) is 22.5. The van der Waals surface area contributed by atoms with E-state index in [1.807, 2.05) is 0 Å². The van der Waals surface area contributed by atoms with Crippen molar-refractivity contribution in [3.8, 4) is 11.5 Å². The molecule has 1 amide bonds. The van der Waals surface area contributed by atoms with Gasteiger partial charge in [0.2, 0.25) is 0 Å². The fourth-order valence-corrected chi connectivity index (χ4v) is 3.27. The number of carbonyl (C=O) groups is 1. The Hall–Kier alpha value is -3.14. The molecule has 0 fully saturated rings. The number of hydrogen-bond acceptors (Lipinski definition) is 8. The first kappa shape index (κ1) is 22.5. The predicted octanol–water partition coefficient (Wildman–Crippen LogP) is 4.54. The number of carbonyl (C=O) groups excluding carboxylic acids is 1.